The van der Waals surface area contributed by atoms with E-state index in [2.05, 4.69) is 25.2 Å². The van der Waals surface area contributed by atoms with E-state index >= 15 is 0 Å². The number of rotatable bonds is 5. The summed E-state index contributed by atoms with van der Waals surface area (Å²) in [6.07, 6.45) is -1.95. The number of amides is 2. The van der Waals surface area contributed by atoms with Gasteiger partial charge in [-0.2, -0.15) is 13.2 Å². The van der Waals surface area contributed by atoms with Crippen molar-refractivity contribution < 1.29 is 32.2 Å². The van der Waals surface area contributed by atoms with Gasteiger partial charge in [0.2, 0.25) is 5.88 Å². The van der Waals surface area contributed by atoms with E-state index in [1.807, 2.05) is 13.8 Å². The van der Waals surface area contributed by atoms with Crippen molar-refractivity contribution in [3.63, 3.8) is 0 Å². The molecule has 2 bridgehead atoms. The highest BCUT2D eigenvalue weighted by Gasteiger charge is 2.39. The Hall–Kier alpha value is -3.68. The minimum Gasteiger partial charge on any atom is -0.475 e. The number of aromatic nitrogens is 3. The number of benzene rings is 1. The lowest BCUT2D eigenvalue weighted by atomic mass is 9.99. The normalized spacial score (nSPS) is 21.2. The van der Waals surface area contributed by atoms with Crippen LogP contribution in [-0.4, -0.2) is 65.2 Å². The molecule has 0 spiro atoms. The molecule has 222 valence electrons. The van der Waals surface area contributed by atoms with Gasteiger partial charge in [0.1, 0.15) is 24.9 Å². The molecule has 10 nitrogen and oxygen atoms in total. The number of urea groups is 1. The summed E-state index contributed by atoms with van der Waals surface area (Å²) >= 11 is 6.57. The Morgan fingerprint density at radius 3 is 2.83 bits per heavy atom. The summed E-state index contributed by atoms with van der Waals surface area (Å²) in [5, 5.41) is 2.99. The van der Waals surface area contributed by atoms with E-state index in [-0.39, 0.29) is 46.7 Å². The average Bonchev–Trinajstić information content (AvgIpc) is 3.30. The number of fused-ring (bicyclic) bond motifs is 4. The first-order valence-electron chi connectivity index (χ1n) is 13.5. The Labute approximate surface area is 244 Å². The quantitative estimate of drug-likeness (QED) is 0.392. The minimum absolute atomic E-state index is 0.152. The van der Waals surface area contributed by atoms with Gasteiger partial charge in [-0.15, -0.1) is 0 Å². The Bertz CT molecular complexity index is 1510. The Kier molecular flexibility index (Phi) is 7.36. The van der Waals surface area contributed by atoms with E-state index in [1.54, 1.807) is 6.07 Å². The Morgan fingerprint density at radius 1 is 1.24 bits per heavy atom. The van der Waals surface area contributed by atoms with Crippen molar-refractivity contribution >= 4 is 35.0 Å². The molecule has 5 heterocycles. The fourth-order valence-corrected chi connectivity index (χ4v) is 5.68. The largest absolute Gasteiger partial charge is 0.475 e. The predicted molar refractivity (Wildman–Crippen MR) is 149 cm³/mol. The van der Waals surface area contributed by atoms with Gasteiger partial charge >= 0.3 is 12.2 Å². The topological polar surface area (TPSA) is 102 Å². The monoisotopic (exact) mass is 604 g/mol. The van der Waals surface area contributed by atoms with Crippen LogP contribution in [0.3, 0.4) is 0 Å². The first kappa shape index (κ1) is 28.4. The van der Waals surface area contributed by atoms with Crippen molar-refractivity contribution in [1.29, 1.82) is 0 Å². The number of alkyl halides is 3. The van der Waals surface area contributed by atoms with Crippen LogP contribution in [-0.2, 0) is 15.7 Å². The van der Waals surface area contributed by atoms with Crippen molar-refractivity contribution in [3.05, 3.63) is 53.3 Å². The zero-order chi connectivity index (χ0) is 29.6. The van der Waals surface area contributed by atoms with Gasteiger partial charge < -0.3 is 19.1 Å². The van der Waals surface area contributed by atoms with Crippen LogP contribution in [0.4, 0.5) is 35.3 Å². The van der Waals surface area contributed by atoms with Crippen molar-refractivity contribution in [1.82, 2.24) is 15.0 Å². The molecule has 2 saturated heterocycles. The molecule has 42 heavy (non-hydrogen) atoms. The van der Waals surface area contributed by atoms with Gasteiger partial charge in [0, 0.05) is 24.7 Å². The third-order valence-corrected chi connectivity index (χ3v) is 7.60. The standard InChI is InChI=1S/C28H28ClF3N6O4/c1-27(2)41-14-19(42-27)13-40-23-11-22(33-15-34-23)35-26(39)38-18-7-4-8-37(12-18)21-10-20(29)24(36-25(21)38)16-5-3-6-17(9-16)28(30,31)32/h3,5-6,9-11,15,18-19H,4,7-8,12-14H2,1-2H3,(H,33,34,35,39)/t18-,19+/m0/s1. The summed E-state index contributed by atoms with van der Waals surface area (Å²) in [4.78, 5) is 30.3. The smallest absolute Gasteiger partial charge is 0.416 e. The number of halogens is 4. The molecule has 0 radical (unpaired) electrons. The third kappa shape index (κ3) is 5.81. The predicted octanol–water partition coefficient (Wildman–Crippen LogP) is 5.76. The van der Waals surface area contributed by atoms with Crippen LogP contribution < -0.4 is 19.9 Å². The summed E-state index contributed by atoms with van der Waals surface area (Å²) in [5.41, 5.74) is 0.166. The minimum atomic E-state index is -4.53. The van der Waals surface area contributed by atoms with E-state index in [1.165, 1.54) is 29.4 Å². The second-order valence-corrected chi connectivity index (χ2v) is 11.2. The molecule has 2 atom stereocenters. The lowest BCUT2D eigenvalue weighted by molar-refractivity contribution is -0.141. The highest BCUT2D eigenvalue weighted by molar-refractivity contribution is 6.33. The molecule has 1 N–H and O–H groups in total. The van der Waals surface area contributed by atoms with Gasteiger partial charge in [-0.25, -0.2) is 19.7 Å². The number of piperidine rings is 1. The maximum Gasteiger partial charge on any atom is 0.416 e. The molecule has 0 saturated carbocycles. The molecule has 3 aromatic rings. The maximum absolute atomic E-state index is 13.7. The zero-order valence-corrected chi connectivity index (χ0v) is 23.6. The van der Waals surface area contributed by atoms with Gasteiger partial charge in [0.15, 0.2) is 11.6 Å². The number of anilines is 3. The number of carbonyl (C=O) groups is 1. The highest BCUT2D eigenvalue weighted by atomic mass is 35.5. The number of pyridine rings is 1. The number of nitrogens with zero attached hydrogens (tertiary/aromatic N) is 5. The van der Waals surface area contributed by atoms with Crippen LogP contribution in [0.2, 0.25) is 5.02 Å². The summed E-state index contributed by atoms with van der Waals surface area (Å²) in [5.74, 6) is 0.0816. The number of nitrogens with one attached hydrogen (secondary N) is 1. The lowest BCUT2D eigenvalue weighted by Gasteiger charge is -2.46. The molecule has 3 aliphatic heterocycles. The van der Waals surface area contributed by atoms with Gasteiger partial charge in [0.05, 0.1) is 34.6 Å². The highest BCUT2D eigenvalue weighted by Crippen LogP contribution is 2.43. The molecule has 2 amide bonds. The maximum atomic E-state index is 13.7. The molecule has 6 rings (SSSR count). The first-order valence-corrected chi connectivity index (χ1v) is 13.8. The SMILES string of the molecule is CC1(C)OC[C@@H](COc2cc(NC(=O)N3c4nc(-c5cccc(C(F)(F)F)c5)c(Cl)cc4N4CCC[C@H]3C4)ncn2)O1. The van der Waals surface area contributed by atoms with E-state index in [9.17, 15) is 18.0 Å². The van der Waals surface area contributed by atoms with Crippen LogP contribution in [0.15, 0.2) is 42.7 Å². The second-order valence-electron chi connectivity index (χ2n) is 10.8. The van der Waals surface area contributed by atoms with E-state index in [4.69, 9.17) is 25.8 Å². The van der Waals surface area contributed by atoms with Crippen molar-refractivity contribution in [2.24, 2.45) is 0 Å². The third-order valence-electron chi connectivity index (χ3n) is 7.31. The molecular formula is C28H28ClF3N6O4. The number of ether oxygens (including phenoxy) is 3. The van der Waals surface area contributed by atoms with Crippen molar-refractivity contribution in [3.8, 4) is 17.1 Å². The van der Waals surface area contributed by atoms with E-state index < -0.39 is 23.6 Å². The molecule has 1 aromatic carbocycles. The number of hydrogen-bond acceptors (Lipinski definition) is 8. The lowest BCUT2D eigenvalue weighted by Crippen LogP contribution is -2.56. The Balaban J connectivity index is 1.27. The summed E-state index contributed by atoms with van der Waals surface area (Å²) in [6.45, 7) is 5.54. The van der Waals surface area contributed by atoms with Crippen molar-refractivity contribution in [2.75, 3.05) is 41.4 Å². The van der Waals surface area contributed by atoms with Crippen LogP contribution in [0, 0.1) is 0 Å². The van der Waals surface area contributed by atoms with Gasteiger partial charge in [0.25, 0.3) is 0 Å². The number of hydrogen-bond donors (Lipinski definition) is 1. The van der Waals surface area contributed by atoms with Crippen LogP contribution in [0.1, 0.15) is 32.3 Å². The summed E-state index contributed by atoms with van der Waals surface area (Å²) < 4.78 is 57.3. The van der Waals surface area contributed by atoms with Crippen LogP contribution in [0.5, 0.6) is 5.88 Å². The van der Waals surface area contributed by atoms with E-state index in [0.717, 1.165) is 31.5 Å². The van der Waals surface area contributed by atoms with Crippen LogP contribution >= 0.6 is 11.6 Å². The first-order chi connectivity index (χ1) is 20.0. The molecule has 3 aliphatic rings. The van der Waals surface area contributed by atoms with Crippen molar-refractivity contribution in [2.45, 2.75) is 50.8 Å². The Morgan fingerprint density at radius 2 is 2.07 bits per heavy atom. The molecule has 0 unspecified atom stereocenters. The summed E-state index contributed by atoms with van der Waals surface area (Å²) in [7, 11) is 0. The molecule has 2 aromatic heterocycles. The number of carbonyl (C=O) groups excluding carboxylic acids is 1. The molecule has 0 aliphatic carbocycles. The summed E-state index contributed by atoms with van der Waals surface area (Å²) in [6, 6.07) is 7.26. The fraction of sp³-hybridized carbons (Fsp3) is 0.429. The van der Waals surface area contributed by atoms with E-state index in [0.29, 0.717) is 24.7 Å². The van der Waals surface area contributed by atoms with Crippen LogP contribution in [0.25, 0.3) is 11.3 Å². The zero-order valence-electron chi connectivity index (χ0n) is 22.8. The second kappa shape index (κ2) is 10.9. The fourth-order valence-electron chi connectivity index (χ4n) is 5.42. The van der Waals surface area contributed by atoms with Gasteiger partial charge in [-0.05, 0) is 44.9 Å². The molecule has 14 heteroatoms. The van der Waals surface area contributed by atoms with Gasteiger partial charge in [-0.1, -0.05) is 23.7 Å². The molecular weight excluding hydrogens is 577 g/mol. The average molecular weight is 605 g/mol. The molecule has 2 fully saturated rings. The van der Waals surface area contributed by atoms with Gasteiger partial charge in [-0.3, -0.25) is 10.2 Å².